The maximum Gasteiger partial charge on any atom is 0.0766 e. The summed E-state index contributed by atoms with van der Waals surface area (Å²) < 4.78 is 0. The lowest BCUT2D eigenvalue weighted by Gasteiger charge is -2.11. The topological polar surface area (TPSA) is 12.0 Å². The van der Waals surface area contributed by atoms with Crippen LogP contribution in [-0.4, -0.2) is 6.54 Å². The molecule has 0 aliphatic carbocycles. The number of nitrogens with one attached hydrogen (secondary N) is 1. The van der Waals surface area contributed by atoms with Crippen molar-refractivity contribution in [3.63, 3.8) is 0 Å². The van der Waals surface area contributed by atoms with Gasteiger partial charge in [-0.1, -0.05) is 31.0 Å². The molecule has 1 aromatic rings. The highest BCUT2D eigenvalue weighted by molar-refractivity contribution is 5.57. The van der Waals surface area contributed by atoms with Gasteiger partial charge in [0.05, 0.1) is 6.54 Å². The number of anilines is 1. The van der Waals surface area contributed by atoms with Crippen molar-refractivity contribution in [1.29, 1.82) is 0 Å². The average Bonchev–Trinajstić information content (AvgIpc) is 2.20. The molecular formula is C13H17N. The van der Waals surface area contributed by atoms with Gasteiger partial charge >= 0.3 is 0 Å². The molecule has 1 heteroatoms. The minimum Gasteiger partial charge on any atom is -0.374 e. The summed E-state index contributed by atoms with van der Waals surface area (Å²) in [6.07, 6.45) is 1.06. The highest BCUT2D eigenvalue weighted by Crippen LogP contribution is 2.20. The molecule has 1 aromatic carbocycles. The Kier molecular flexibility index (Phi) is 4.07. The number of benzene rings is 1. The molecule has 1 nitrogen and oxygen atoms in total. The predicted molar refractivity (Wildman–Crippen MR) is 62.5 cm³/mol. The number of hydrogen-bond acceptors (Lipinski definition) is 1. The van der Waals surface area contributed by atoms with Gasteiger partial charge in [0, 0.05) is 5.69 Å². The Morgan fingerprint density at radius 1 is 1.36 bits per heavy atom. The van der Waals surface area contributed by atoms with E-state index in [0.717, 1.165) is 13.0 Å². The van der Waals surface area contributed by atoms with Crippen LogP contribution in [0.3, 0.4) is 0 Å². The molecule has 0 amide bonds. The monoisotopic (exact) mass is 187 g/mol. The Hall–Kier alpha value is -1.42. The molecule has 0 aliphatic heterocycles. The van der Waals surface area contributed by atoms with Gasteiger partial charge in [0.15, 0.2) is 0 Å². The highest BCUT2D eigenvalue weighted by atomic mass is 14.9. The van der Waals surface area contributed by atoms with Crippen molar-refractivity contribution in [3.05, 3.63) is 29.3 Å². The fourth-order valence-electron chi connectivity index (χ4n) is 1.50. The minimum atomic E-state index is 0.731. The first-order valence-corrected chi connectivity index (χ1v) is 5.01. The van der Waals surface area contributed by atoms with E-state index < -0.39 is 0 Å². The van der Waals surface area contributed by atoms with Crippen molar-refractivity contribution in [2.75, 3.05) is 11.9 Å². The van der Waals surface area contributed by atoms with E-state index in [1.807, 2.05) is 6.92 Å². The second kappa shape index (κ2) is 5.34. The normalized spacial score (nSPS) is 9.07. The first-order valence-electron chi connectivity index (χ1n) is 5.01. The standard InChI is InChI=1S/C13H17N/c1-4-6-10-14-13-11(3)8-7-9-12(13)5-2/h7-9,14H,5,10H2,1-3H3. The van der Waals surface area contributed by atoms with Crippen LogP contribution in [0, 0.1) is 18.8 Å². The average molecular weight is 187 g/mol. The molecule has 1 rings (SSSR count). The molecule has 1 N–H and O–H groups in total. The largest absolute Gasteiger partial charge is 0.374 e. The van der Waals surface area contributed by atoms with Crippen molar-refractivity contribution in [2.24, 2.45) is 0 Å². The second-order valence-corrected chi connectivity index (χ2v) is 3.24. The van der Waals surface area contributed by atoms with Crippen LogP contribution >= 0.6 is 0 Å². The van der Waals surface area contributed by atoms with Gasteiger partial charge in [-0.05, 0) is 31.4 Å². The highest BCUT2D eigenvalue weighted by Gasteiger charge is 2.01. The molecule has 0 saturated heterocycles. The van der Waals surface area contributed by atoms with E-state index in [0.29, 0.717) is 0 Å². The Labute approximate surface area is 86.5 Å². The van der Waals surface area contributed by atoms with Crippen molar-refractivity contribution < 1.29 is 0 Å². The lowest BCUT2D eigenvalue weighted by molar-refractivity contribution is 1.12. The van der Waals surface area contributed by atoms with E-state index in [-0.39, 0.29) is 0 Å². The first kappa shape index (κ1) is 10.7. The zero-order valence-electron chi connectivity index (χ0n) is 9.15. The van der Waals surface area contributed by atoms with Gasteiger partial charge in [-0.3, -0.25) is 0 Å². The predicted octanol–water partition coefficient (Wildman–Crippen LogP) is 2.99. The minimum absolute atomic E-state index is 0.731. The Morgan fingerprint density at radius 3 is 2.79 bits per heavy atom. The summed E-state index contributed by atoms with van der Waals surface area (Å²) in [7, 11) is 0. The Bertz CT molecular complexity index is 355. The zero-order chi connectivity index (χ0) is 10.4. The van der Waals surface area contributed by atoms with E-state index in [1.165, 1.54) is 16.8 Å². The number of aryl methyl sites for hydroxylation is 2. The van der Waals surface area contributed by atoms with E-state index in [4.69, 9.17) is 0 Å². The summed E-state index contributed by atoms with van der Waals surface area (Å²) in [4.78, 5) is 0. The molecule has 0 heterocycles. The third-order valence-corrected chi connectivity index (χ3v) is 2.27. The third-order valence-electron chi connectivity index (χ3n) is 2.27. The molecule has 74 valence electrons. The fraction of sp³-hybridized carbons (Fsp3) is 0.385. The lowest BCUT2D eigenvalue weighted by Crippen LogP contribution is -2.03. The number of para-hydroxylation sites is 1. The molecular weight excluding hydrogens is 170 g/mol. The third kappa shape index (κ3) is 2.53. The van der Waals surface area contributed by atoms with Crippen LogP contribution in [-0.2, 0) is 6.42 Å². The van der Waals surface area contributed by atoms with Gasteiger partial charge < -0.3 is 5.32 Å². The van der Waals surface area contributed by atoms with Gasteiger partial charge in [0.25, 0.3) is 0 Å². The van der Waals surface area contributed by atoms with Crippen LogP contribution in [0.5, 0.6) is 0 Å². The van der Waals surface area contributed by atoms with Crippen molar-refractivity contribution >= 4 is 5.69 Å². The summed E-state index contributed by atoms with van der Waals surface area (Å²) in [6.45, 7) is 6.89. The quantitative estimate of drug-likeness (QED) is 0.717. The number of hydrogen-bond donors (Lipinski definition) is 1. The van der Waals surface area contributed by atoms with Crippen LogP contribution in [0.1, 0.15) is 25.0 Å². The van der Waals surface area contributed by atoms with Crippen LogP contribution in [0.2, 0.25) is 0 Å². The van der Waals surface area contributed by atoms with Crippen molar-refractivity contribution in [1.82, 2.24) is 0 Å². The molecule has 0 unspecified atom stereocenters. The molecule has 0 atom stereocenters. The summed E-state index contributed by atoms with van der Waals surface area (Å²) in [5.74, 6) is 5.90. The van der Waals surface area contributed by atoms with Gasteiger partial charge in [0.2, 0.25) is 0 Å². The second-order valence-electron chi connectivity index (χ2n) is 3.24. The fourth-order valence-corrected chi connectivity index (χ4v) is 1.50. The molecule has 0 fully saturated rings. The Morgan fingerprint density at radius 2 is 2.14 bits per heavy atom. The smallest absolute Gasteiger partial charge is 0.0766 e. The van der Waals surface area contributed by atoms with Gasteiger partial charge in [0.1, 0.15) is 0 Å². The van der Waals surface area contributed by atoms with Crippen molar-refractivity contribution in [3.8, 4) is 11.8 Å². The summed E-state index contributed by atoms with van der Waals surface area (Å²) in [5, 5.41) is 3.36. The maximum atomic E-state index is 3.36. The molecule has 0 radical (unpaired) electrons. The molecule has 0 saturated carbocycles. The zero-order valence-corrected chi connectivity index (χ0v) is 9.15. The van der Waals surface area contributed by atoms with Crippen LogP contribution < -0.4 is 5.32 Å². The molecule has 0 spiro atoms. The van der Waals surface area contributed by atoms with Gasteiger partial charge in [-0.15, -0.1) is 5.92 Å². The van der Waals surface area contributed by atoms with E-state index in [9.17, 15) is 0 Å². The summed E-state index contributed by atoms with van der Waals surface area (Å²) in [5.41, 5.74) is 3.91. The van der Waals surface area contributed by atoms with Crippen molar-refractivity contribution in [2.45, 2.75) is 27.2 Å². The lowest BCUT2D eigenvalue weighted by atomic mass is 10.1. The van der Waals surface area contributed by atoms with E-state index in [1.54, 1.807) is 0 Å². The van der Waals surface area contributed by atoms with Crippen LogP contribution in [0.15, 0.2) is 18.2 Å². The van der Waals surface area contributed by atoms with Gasteiger partial charge in [-0.2, -0.15) is 0 Å². The van der Waals surface area contributed by atoms with Crippen LogP contribution in [0.4, 0.5) is 5.69 Å². The van der Waals surface area contributed by atoms with E-state index >= 15 is 0 Å². The van der Waals surface area contributed by atoms with E-state index in [2.05, 4.69) is 49.2 Å². The first-order chi connectivity index (χ1) is 6.79. The maximum absolute atomic E-state index is 3.36. The molecule has 14 heavy (non-hydrogen) atoms. The summed E-state index contributed by atoms with van der Waals surface area (Å²) >= 11 is 0. The molecule has 0 bridgehead atoms. The summed E-state index contributed by atoms with van der Waals surface area (Å²) in [6, 6.07) is 6.39. The molecule has 0 aliphatic rings. The SMILES string of the molecule is CC#CCNc1c(C)cccc1CC. The number of rotatable bonds is 3. The van der Waals surface area contributed by atoms with Gasteiger partial charge in [-0.25, -0.2) is 0 Å². The Balaban J connectivity index is 2.85. The van der Waals surface area contributed by atoms with Crippen LogP contribution in [0.25, 0.3) is 0 Å². The molecule has 0 aromatic heterocycles.